The van der Waals surface area contributed by atoms with Gasteiger partial charge in [0.15, 0.2) is 17.4 Å². The molecule has 2 heterocycles. The number of fused-ring (bicyclic) bond motifs is 1. The smallest absolute Gasteiger partial charge is 0.247 e. The number of aliphatic hydroxyl groups excluding tert-OH is 3. The van der Waals surface area contributed by atoms with E-state index in [1.54, 1.807) is 6.08 Å². The van der Waals surface area contributed by atoms with Crippen LogP contribution in [0.2, 0.25) is 0 Å². The normalized spacial score (nSPS) is 14.0. The molecule has 0 fully saturated rings. The number of hydrogen-bond donors (Lipinski definition) is 4. The van der Waals surface area contributed by atoms with Crippen LogP contribution in [0.1, 0.15) is 19.6 Å². The molecule has 0 aliphatic rings. The van der Waals surface area contributed by atoms with Gasteiger partial charge in [0.05, 0.1) is 32.3 Å². The van der Waals surface area contributed by atoms with Crippen LogP contribution in [0.4, 0.5) is 5.95 Å². The summed E-state index contributed by atoms with van der Waals surface area (Å²) in [5.41, 5.74) is 6.41. The number of nitrogens with two attached hydrogens (primary N) is 1. The average Bonchev–Trinajstić information content (AvgIpc) is 2.99. The fraction of sp³-hybridized carbons (Fsp3) is 0.533. The van der Waals surface area contributed by atoms with Crippen LogP contribution in [0.5, 0.6) is 5.88 Å². The van der Waals surface area contributed by atoms with Crippen LogP contribution in [-0.2, 0) is 4.74 Å². The Hall–Kier alpha value is -2.27. The first-order valence-electron chi connectivity index (χ1n) is 7.80. The highest BCUT2D eigenvalue weighted by Crippen LogP contribution is 2.27. The van der Waals surface area contributed by atoms with E-state index in [0.717, 1.165) is 0 Å². The molecule has 0 bridgehead atoms. The zero-order valence-electron chi connectivity index (χ0n) is 13.9. The van der Waals surface area contributed by atoms with Gasteiger partial charge in [0, 0.05) is 0 Å². The van der Waals surface area contributed by atoms with Crippen LogP contribution in [0, 0.1) is 0 Å². The summed E-state index contributed by atoms with van der Waals surface area (Å²) in [6.45, 7) is 4.68. The summed E-state index contributed by atoms with van der Waals surface area (Å²) in [6, 6.07) is 0. The fourth-order valence-corrected chi connectivity index (χ4v) is 2.19. The lowest BCUT2D eigenvalue weighted by Gasteiger charge is -2.26. The number of nitrogens with zero attached hydrogens (tertiary/aromatic N) is 4. The van der Waals surface area contributed by atoms with Gasteiger partial charge in [0.2, 0.25) is 11.8 Å². The minimum Gasteiger partial charge on any atom is -0.476 e. The Morgan fingerprint density at radius 2 is 2.08 bits per heavy atom. The highest BCUT2D eigenvalue weighted by molar-refractivity contribution is 5.77. The summed E-state index contributed by atoms with van der Waals surface area (Å²) in [5.74, 6) is 0.196. The zero-order valence-corrected chi connectivity index (χ0v) is 13.9. The van der Waals surface area contributed by atoms with Crippen LogP contribution < -0.4 is 10.5 Å². The van der Waals surface area contributed by atoms with E-state index in [2.05, 4.69) is 21.5 Å². The minimum absolute atomic E-state index is 0.0203. The molecule has 0 aromatic carbocycles. The van der Waals surface area contributed by atoms with E-state index >= 15 is 0 Å². The predicted molar refractivity (Wildman–Crippen MR) is 89.8 cm³/mol. The number of ether oxygens (including phenoxy) is 2. The van der Waals surface area contributed by atoms with Gasteiger partial charge in [-0.2, -0.15) is 9.97 Å². The molecule has 2 aromatic rings. The molecule has 10 nitrogen and oxygen atoms in total. The van der Waals surface area contributed by atoms with Crippen molar-refractivity contribution in [2.24, 2.45) is 0 Å². The van der Waals surface area contributed by atoms with Crippen molar-refractivity contribution in [2.75, 3.05) is 25.6 Å². The lowest BCUT2D eigenvalue weighted by Crippen LogP contribution is -2.32. The Morgan fingerprint density at radius 1 is 1.36 bits per heavy atom. The Morgan fingerprint density at radius 3 is 2.68 bits per heavy atom. The Bertz CT molecular complexity index is 701. The maximum absolute atomic E-state index is 10.0. The molecule has 0 amide bonds. The van der Waals surface area contributed by atoms with Crippen molar-refractivity contribution in [3.8, 4) is 5.88 Å². The molecule has 2 atom stereocenters. The summed E-state index contributed by atoms with van der Waals surface area (Å²) >= 11 is 0. The van der Waals surface area contributed by atoms with Crippen molar-refractivity contribution in [1.82, 2.24) is 19.5 Å². The summed E-state index contributed by atoms with van der Waals surface area (Å²) < 4.78 is 12.6. The van der Waals surface area contributed by atoms with E-state index in [9.17, 15) is 15.3 Å². The highest BCUT2D eigenvalue weighted by atomic mass is 16.5. The molecule has 25 heavy (non-hydrogen) atoms. The molecule has 10 heteroatoms. The molecule has 2 aromatic heterocycles. The van der Waals surface area contributed by atoms with Gasteiger partial charge in [-0.1, -0.05) is 6.08 Å². The van der Waals surface area contributed by atoms with Gasteiger partial charge in [0.25, 0.3) is 0 Å². The van der Waals surface area contributed by atoms with Gasteiger partial charge < -0.3 is 30.5 Å². The summed E-state index contributed by atoms with van der Waals surface area (Å²) in [7, 11) is 0. The molecule has 2 unspecified atom stereocenters. The third-order valence-corrected chi connectivity index (χ3v) is 3.39. The highest BCUT2D eigenvalue weighted by Gasteiger charge is 2.26. The second kappa shape index (κ2) is 8.72. The van der Waals surface area contributed by atoms with Crippen LogP contribution in [0.15, 0.2) is 19.0 Å². The number of aromatic nitrogens is 4. The van der Waals surface area contributed by atoms with E-state index in [0.29, 0.717) is 24.2 Å². The summed E-state index contributed by atoms with van der Waals surface area (Å²) in [6.07, 6.45) is 0.966. The van der Waals surface area contributed by atoms with Gasteiger partial charge >= 0.3 is 0 Å². The van der Waals surface area contributed by atoms with Crippen LogP contribution in [0.3, 0.4) is 0 Å². The number of aliphatic hydroxyl groups is 3. The van der Waals surface area contributed by atoms with Crippen molar-refractivity contribution < 1.29 is 24.8 Å². The van der Waals surface area contributed by atoms with E-state index in [1.807, 2.05) is 0 Å². The second-order valence-corrected chi connectivity index (χ2v) is 5.39. The van der Waals surface area contributed by atoms with Crippen LogP contribution in [0.25, 0.3) is 11.2 Å². The summed E-state index contributed by atoms with van der Waals surface area (Å²) in [5, 5.41) is 28.5. The predicted octanol–water partition coefficient (Wildman–Crippen LogP) is -0.387. The van der Waals surface area contributed by atoms with E-state index < -0.39 is 31.6 Å². The molecule has 2 rings (SSSR count). The monoisotopic (exact) mass is 353 g/mol. The van der Waals surface area contributed by atoms with Gasteiger partial charge in [0.1, 0.15) is 6.10 Å². The molecular formula is C15H23N5O5. The molecule has 0 spiro atoms. The molecule has 0 aliphatic carbocycles. The van der Waals surface area contributed by atoms with Crippen LogP contribution >= 0.6 is 0 Å². The zero-order chi connectivity index (χ0) is 18.4. The van der Waals surface area contributed by atoms with Crippen LogP contribution in [-0.4, -0.2) is 66.9 Å². The molecule has 0 saturated heterocycles. The van der Waals surface area contributed by atoms with E-state index in [1.165, 1.54) is 17.8 Å². The third kappa shape index (κ3) is 4.42. The van der Waals surface area contributed by atoms with Gasteiger partial charge in [-0.25, -0.2) is 4.98 Å². The Kier molecular flexibility index (Phi) is 6.65. The second-order valence-electron chi connectivity index (χ2n) is 5.39. The lowest BCUT2D eigenvalue weighted by atomic mass is 10.3. The first-order chi connectivity index (χ1) is 12.0. The van der Waals surface area contributed by atoms with Gasteiger partial charge in [-0.3, -0.25) is 4.57 Å². The van der Waals surface area contributed by atoms with Gasteiger partial charge in [-0.15, -0.1) is 6.58 Å². The first kappa shape index (κ1) is 19.1. The standard InChI is InChI=1S/C15H23N5O5/c1-3-4-5-24-13-11-12(18-15(16)19-13)20(8-17-11)14(9(2)23)25-10(6-21)7-22/h3,8-10,14,21-23H,1,4-7H2,2H3,(H2,16,18,19). The Balaban J connectivity index is 2.41. The maximum atomic E-state index is 10.0. The quantitative estimate of drug-likeness (QED) is 0.331. The molecule has 0 radical (unpaired) electrons. The fourth-order valence-electron chi connectivity index (χ4n) is 2.19. The molecule has 138 valence electrons. The Labute approximate surface area is 144 Å². The lowest BCUT2D eigenvalue weighted by molar-refractivity contribution is -0.134. The van der Waals surface area contributed by atoms with E-state index in [-0.39, 0.29) is 11.8 Å². The molecular weight excluding hydrogens is 330 g/mol. The van der Waals surface area contributed by atoms with Gasteiger partial charge in [-0.05, 0) is 13.3 Å². The molecule has 5 N–H and O–H groups in total. The van der Waals surface area contributed by atoms with Crippen molar-refractivity contribution in [3.05, 3.63) is 19.0 Å². The molecule has 0 saturated carbocycles. The summed E-state index contributed by atoms with van der Waals surface area (Å²) in [4.78, 5) is 12.4. The number of hydrogen-bond acceptors (Lipinski definition) is 9. The molecule has 0 aliphatic heterocycles. The number of nitrogen functional groups attached to an aromatic ring is 1. The number of rotatable bonds is 10. The van der Waals surface area contributed by atoms with Crippen molar-refractivity contribution in [2.45, 2.75) is 31.8 Å². The third-order valence-electron chi connectivity index (χ3n) is 3.39. The van der Waals surface area contributed by atoms with Crippen molar-refractivity contribution in [1.29, 1.82) is 0 Å². The first-order valence-corrected chi connectivity index (χ1v) is 7.80. The maximum Gasteiger partial charge on any atom is 0.247 e. The largest absolute Gasteiger partial charge is 0.476 e. The average molecular weight is 353 g/mol. The minimum atomic E-state index is -0.973. The van der Waals surface area contributed by atoms with Crippen molar-refractivity contribution in [3.63, 3.8) is 0 Å². The van der Waals surface area contributed by atoms with Crippen molar-refractivity contribution >= 4 is 17.1 Å². The van der Waals surface area contributed by atoms with E-state index in [4.69, 9.17) is 15.2 Å². The number of imidazole rings is 1. The topological polar surface area (TPSA) is 149 Å². The SMILES string of the molecule is C=CCCOc1nc(N)nc2c1ncn2C(OC(CO)CO)C(C)O. The number of anilines is 1.